The van der Waals surface area contributed by atoms with Crippen molar-refractivity contribution >= 4 is 0 Å². The highest BCUT2D eigenvalue weighted by Crippen LogP contribution is 2.02. The van der Waals surface area contributed by atoms with Gasteiger partial charge in [-0.1, -0.05) is 24.3 Å². The molecule has 1 aromatic rings. The topological polar surface area (TPSA) is 64.1 Å². The van der Waals surface area contributed by atoms with E-state index in [1.54, 1.807) is 0 Å². The van der Waals surface area contributed by atoms with Gasteiger partial charge in [0.15, 0.2) is 0 Å². The van der Waals surface area contributed by atoms with Crippen molar-refractivity contribution in [3.63, 3.8) is 0 Å². The third-order valence-corrected chi connectivity index (χ3v) is 1.91. The van der Waals surface area contributed by atoms with Crippen LogP contribution >= 0.6 is 0 Å². The first-order valence-corrected chi connectivity index (χ1v) is 4.55. The largest absolute Gasteiger partial charge is 0.329 e. The Hall–Kier alpha value is -0.900. The molecule has 3 heteroatoms. The summed E-state index contributed by atoms with van der Waals surface area (Å²) in [6.07, 6.45) is 0. The van der Waals surface area contributed by atoms with Gasteiger partial charge in [-0.3, -0.25) is 0 Å². The Morgan fingerprint density at radius 1 is 1.00 bits per heavy atom. The molecule has 3 nitrogen and oxygen atoms in total. The van der Waals surface area contributed by atoms with Crippen molar-refractivity contribution in [2.24, 2.45) is 11.5 Å². The summed E-state index contributed by atoms with van der Waals surface area (Å²) in [5.41, 5.74) is 13.3. The minimum atomic E-state index is 0.608. The van der Waals surface area contributed by atoms with Gasteiger partial charge in [-0.05, 0) is 11.1 Å². The molecule has 5 N–H and O–H groups in total. The zero-order valence-corrected chi connectivity index (χ0v) is 7.79. The summed E-state index contributed by atoms with van der Waals surface area (Å²) < 4.78 is 0. The van der Waals surface area contributed by atoms with Crippen molar-refractivity contribution in [1.82, 2.24) is 5.32 Å². The molecule has 72 valence electrons. The van der Waals surface area contributed by atoms with E-state index in [-0.39, 0.29) is 0 Å². The first kappa shape index (κ1) is 10.2. The average Bonchev–Trinajstić information content (AvgIpc) is 2.19. The minimum Gasteiger partial charge on any atom is -0.329 e. The Bertz CT molecular complexity index is 230. The minimum absolute atomic E-state index is 0.608. The SMILES string of the molecule is NCCNCc1ccc(CN)cc1. The number of benzene rings is 1. The molecule has 0 aromatic heterocycles. The molecule has 0 spiro atoms. The van der Waals surface area contributed by atoms with Crippen molar-refractivity contribution in [3.05, 3.63) is 35.4 Å². The molecule has 0 amide bonds. The van der Waals surface area contributed by atoms with Gasteiger partial charge in [0.2, 0.25) is 0 Å². The summed E-state index contributed by atoms with van der Waals surface area (Å²) in [5.74, 6) is 0. The smallest absolute Gasteiger partial charge is 0.0206 e. The number of hydrogen-bond acceptors (Lipinski definition) is 3. The number of nitrogens with one attached hydrogen (secondary N) is 1. The van der Waals surface area contributed by atoms with Crippen LogP contribution in [0.4, 0.5) is 0 Å². The average molecular weight is 179 g/mol. The van der Waals surface area contributed by atoms with E-state index in [9.17, 15) is 0 Å². The molecule has 0 saturated carbocycles. The van der Waals surface area contributed by atoms with E-state index >= 15 is 0 Å². The summed E-state index contributed by atoms with van der Waals surface area (Å²) in [7, 11) is 0. The molecule has 0 radical (unpaired) electrons. The lowest BCUT2D eigenvalue weighted by Gasteiger charge is -2.03. The van der Waals surface area contributed by atoms with Crippen LogP contribution in [0, 0.1) is 0 Å². The Kier molecular flexibility index (Phi) is 4.46. The summed E-state index contributed by atoms with van der Waals surface area (Å²) in [5, 5.41) is 3.23. The number of hydrogen-bond donors (Lipinski definition) is 3. The fraction of sp³-hybridized carbons (Fsp3) is 0.400. The zero-order valence-electron chi connectivity index (χ0n) is 7.79. The van der Waals surface area contributed by atoms with Gasteiger partial charge in [-0.2, -0.15) is 0 Å². The molecule has 1 rings (SSSR count). The van der Waals surface area contributed by atoms with Crippen molar-refractivity contribution < 1.29 is 0 Å². The second-order valence-electron chi connectivity index (χ2n) is 2.99. The standard InChI is InChI=1S/C10H17N3/c11-5-6-13-8-10-3-1-9(7-12)2-4-10/h1-4,13H,5-8,11-12H2. The molecule has 0 aliphatic heterocycles. The van der Waals surface area contributed by atoms with Crippen LogP contribution in [0.5, 0.6) is 0 Å². The summed E-state index contributed by atoms with van der Waals surface area (Å²) in [4.78, 5) is 0. The van der Waals surface area contributed by atoms with Gasteiger partial charge >= 0.3 is 0 Å². The fourth-order valence-corrected chi connectivity index (χ4v) is 1.13. The zero-order chi connectivity index (χ0) is 9.52. The monoisotopic (exact) mass is 179 g/mol. The second-order valence-corrected chi connectivity index (χ2v) is 2.99. The second kappa shape index (κ2) is 5.70. The van der Waals surface area contributed by atoms with Crippen LogP contribution in [0.3, 0.4) is 0 Å². The van der Waals surface area contributed by atoms with Gasteiger partial charge in [0, 0.05) is 26.2 Å². The molecule has 0 atom stereocenters. The highest BCUT2D eigenvalue weighted by molar-refractivity contribution is 5.22. The Morgan fingerprint density at radius 2 is 1.62 bits per heavy atom. The van der Waals surface area contributed by atoms with Gasteiger partial charge in [-0.25, -0.2) is 0 Å². The molecular weight excluding hydrogens is 162 g/mol. The first-order valence-electron chi connectivity index (χ1n) is 4.55. The van der Waals surface area contributed by atoms with E-state index in [4.69, 9.17) is 11.5 Å². The molecule has 0 aliphatic carbocycles. The maximum absolute atomic E-state index is 5.49. The van der Waals surface area contributed by atoms with E-state index < -0.39 is 0 Å². The normalized spacial score (nSPS) is 10.3. The Labute approximate surface area is 79.1 Å². The van der Waals surface area contributed by atoms with Crippen LogP contribution in [0.2, 0.25) is 0 Å². The highest BCUT2D eigenvalue weighted by atomic mass is 14.9. The van der Waals surface area contributed by atoms with Crippen LogP contribution in [0.15, 0.2) is 24.3 Å². The van der Waals surface area contributed by atoms with Crippen molar-refractivity contribution in [2.75, 3.05) is 13.1 Å². The van der Waals surface area contributed by atoms with E-state index in [0.717, 1.165) is 13.1 Å². The molecule has 0 saturated heterocycles. The molecule has 1 aromatic carbocycles. The molecule has 0 unspecified atom stereocenters. The number of nitrogens with two attached hydrogens (primary N) is 2. The quantitative estimate of drug-likeness (QED) is 0.565. The summed E-state index contributed by atoms with van der Waals surface area (Å²) >= 11 is 0. The third-order valence-electron chi connectivity index (χ3n) is 1.91. The van der Waals surface area contributed by atoms with E-state index in [2.05, 4.69) is 29.6 Å². The van der Waals surface area contributed by atoms with Crippen LogP contribution in [-0.2, 0) is 13.1 Å². The van der Waals surface area contributed by atoms with Gasteiger partial charge in [-0.15, -0.1) is 0 Å². The van der Waals surface area contributed by atoms with E-state index in [1.165, 1.54) is 11.1 Å². The molecule has 0 bridgehead atoms. The Morgan fingerprint density at radius 3 is 2.15 bits per heavy atom. The highest BCUT2D eigenvalue weighted by Gasteiger charge is 1.92. The van der Waals surface area contributed by atoms with Crippen molar-refractivity contribution in [1.29, 1.82) is 0 Å². The molecule has 13 heavy (non-hydrogen) atoms. The number of rotatable bonds is 5. The van der Waals surface area contributed by atoms with Gasteiger partial charge in [0.1, 0.15) is 0 Å². The lowest BCUT2D eigenvalue weighted by atomic mass is 10.1. The first-order chi connectivity index (χ1) is 6.36. The van der Waals surface area contributed by atoms with Crippen molar-refractivity contribution in [3.8, 4) is 0 Å². The van der Waals surface area contributed by atoms with Gasteiger partial charge in [0.05, 0.1) is 0 Å². The lowest BCUT2D eigenvalue weighted by Crippen LogP contribution is -2.21. The molecular formula is C10H17N3. The fourth-order valence-electron chi connectivity index (χ4n) is 1.13. The molecule has 0 fully saturated rings. The van der Waals surface area contributed by atoms with E-state index in [0.29, 0.717) is 13.1 Å². The molecule has 0 aliphatic rings. The predicted molar refractivity (Wildman–Crippen MR) is 55.1 cm³/mol. The van der Waals surface area contributed by atoms with Crippen LogP contribution in [0.25, 0.3) is 0 Å². The maximum Gasteiger partial charge on any atom is 0.0206 e. The maximum atomic E-state index is 5.49. The van der Waals surface area contributed by atoms with Crippen LogP contribution < -0.4 is 16.8 Å². The predicted octanol–water partition coefficient (Wildman–Crippen LogP) is 0.194. The third kappa shape index (κ3) is 3.55. The van der Waals surface area contributed by atoms with Crippen LogP contribution in [-0.4, -0.2) is 13.1 Å². The van der Waals surface area contributed by atoms with Crippen molar-refractivity contribution in [2.45, 2.75) is 13.1 Å². The Balaban J connectivity index is 2.40. The van der Waals surface area contributed by atoms with Gasteiger partial charge < -0.3 is 16.8 Å². The summed E-state index contributed by atoms with van der Waals surface area (Å²) in [6, 6.07) is 8.29. The van der Waals surface area contributed by atoms with Crippen LogP contribution in [0.1, 0.15) is 11.1 Å². The molecule has 0 heterocycles. The summed E-state index contributed by atoms with van der Waals surface area (Å²) in [6.45, 7) is 3.03. The van der Waals surface area contributed by atoms with E-state index in [1.807, 2.05) is 0 Å². The lowest BCUT2D eigenvalue weighted by molar-refractivity contribution is 0.694. The van der Waals surface area contributed by atoms with Gasteiger partial charge in [0.25, 0.3) is 0 Å².